The van der Waals surface area contributed by atoms with Gasteiger partial charge in [-0.05, 0) is 17.7 Å². The fourth-order valence-electron chi connectivity index (χ4n) is 1.87. The molecule has 1 unspecified atom stereocenters. The Labute approximate surface area is 117 Å². The minimum atomic E-state index is -0.581. The SMILES string of the molecule is Cn1cnnc1CCNCC(O)c1ccc(C#N)cc1. The largest absolute Gasteiger partial charge is 0.387 e. The van der Waals surface area contributed by atoms with Crippen LogP contribution in [0.4, 0.5) is 0 Å². The second-order valence-electron chi connectivity index (χ2n) is 4.56. The Hall–Kier alpha value is -2.23. The van der Waals surface area contributed by atoms with Gasteiger partial charge in [0.15, 0.2) is 0 Å². The zero-order valence-electron chi connectivity index (χ0n) is 11.3. The van der Waals surface area contributed by atoms with E-state index in [1.54, 1.807) is 30.6 Å². The van der Waals surface area contributed by atoms with E-state index in [9.17, 15) is 5.11 Å². The quantitative estimate of drug-likeness (QED) is 0.749. The molecule has 0 fully saturated rings. The summed E-state index contributed by atoms with van der Waals surface area (Å²) in [6, 6.07) is 9.01. The molecule has 6 nitrogen and oxygen atoms in total. The molecule has 20 heavy (non-hydrogen) atoms. The number of aromatic nitrogens is 3. The lowest BCUT2D eigenvalue weighted by Gasteiger charge is -2.12. The average molecular weight is 271 g/mol. The molecule has 0 amide bonds. The molecule has 0 bridgehead atoms. The number of benzene rings is 1. The number of hydrogen-bond acceptors (Lipinski definition) is 5. The maximum atomic E-state index is 10.0. The Balaban J connectivity index is 1.76. The van der Waals surface area contributed by atoms with E-state index >= 15 is 0 Å². The van der Waals surface area contributed by atoms with Crippen molar-refractivity contribution in [1.29, 1.82) is 5.26 Å². The molecule has 1 aromatic heterocycles. The minimum Gasteiger partial charge on any atom is -0.387 e. The zero-order valence-corrected chi connectivity index (χ0v) is 11.3. The maximum Gasteiger partial charge on any atom is 0.133 e. The van der Waals surface area contributed by atoms with Gasteiger partial charge in [0.1, 0.15) is 12.2 Å². The highest BCUT2D eigenvalue weighted by molar-refractivity contribution is 5.32. The van der Waals surface area contributed by atoms with E-state index in [-0.39, 0.29) is 0 Å². The Morgan fingerprint density at radius 2 is 2.15 bits per heavy atom. The van der Waals surface area contributed by atoms with Gasteiger partial charge in [0, 0.05) is 26.6 Å². The number of rotatable bonds is 6. The third-order valence-electron chi connectivity index (χ3n) is 3.09. The minimum absolute atomic E-state index is 0.462. The molecular formula is C14H17N5O. The smallest absolute Gasteiger partial charge is 0.133 e. The summed E-state index contributed by atoms with van der Waals surface area (Å²) in [6.07, 6.45) is 1.85. The van der Waals surface area contributed by atoms with Crippen LogP contribution in [0.1, 0.15) is 23.1 Å². The fraction of sp³-hybridized carbons (Fsp3) is 0.357. The van der Waals surface area contributed by atoms with Crippen molar-refractivity contribution in [1.82, 2.24) is 20.1 Å². The van der Waals surface area contributed by atoms with Crippen LogP contribution in [0.15, 0.2) is 30.6 Å². The van der Waals surface area contributed by atoms with Gasteiger partial charge in [0.2, 0.25) is 0 Å². The van der Waals surface area contributed by atoms with Crippen molar-refractivity contribution in [3.63, 3.8) is 0 Å². The molecule has 2 aromatic rings. The Bertz CT molecular complexity index is 584. The fourth-order valence-corrected chi connectivity index (χ4v) is 1.87. The first-order valence-corrected chi connectivity index (χ1v) is 6.42. The van der Waals surface area contributed by atoms with Gasteiger partial charge in [-0.3, -0.25) is 0 Å². The van der Waals surface area contributed by atoms with Crippen LogP contribution >= 0.6 is 0 Å². The van der Waals surface area contributed by atoms with E-state index in [4.69, 9.17) is 5.26 Å². The Morgan fingerprint density at radius 1 is 1.40 bits per heavy atom. The third-order valence-corrected chi connectivity index (χ3v) is 3.09. The predicted molar refractivity (Wildman–Crippen MR) is 73.7 cm³/mol. The van der Waals surface area contributed by atoms with E-state index in [2.05, 4.69) is 21.6 Å². The molecular weight excluding hydrogens is 254 g/mol. The Morgan fingerprint density at radius 3 is 2.75 bits per heavy atom. The normalized spacial score (nSPS) is 12.1. The lowest BCUT2D eigenvalue weighted by atomic mass is 10.1. The summed E-state index contributed by atoms with van der Waals surface area (Å²) < 4.78 is 1.87. The van der Waals surface area contributed by atoms with Crippen LogP contribution in [-0.2, 0) is 13.5 Å². The summed E-state index contributed by atoms with van der Waals surface area (Å²) in [5.41, 5.74) is 1.39. The first-order chi connectivity index (χ1) is 9.70. The van der Waals surface area contributed by atoms with Crippen molar-refractivity contribution in [3.8, 4) is 6.07 Å². The molecule has 0 saturated carbocycles. The molecule has 1 aromatic carbocycles. The van der Waals surface area contributed by atoms with E-state index < -0.39 is 6.10 Å². The average Bonchev–Trinajstić information content (AvgIpc) is 2.89. The van der Waals surface area contributed by atoms with Gasteiger partial charge in [-0.1, -0.05) is 12.1 Å². The molecule has 0 aliphatic rings. The molecule has 1 heterocycles. The number of nitrogens with zero attached hydrogens (tertiary/aromatic N) is 4. The van der Waals surface area contributed by atoms with Gasteiger partial charge < -0.3 is 15.0 Å². The molecule has 104 valence electrons. The number of aryl methyl sites for hydroxylation is 1. The van der Waals surface area contributed by atoms with E-state index in [0.717, 1.165) is 24.4 Å². The van der Waals surface area contributed by atoms with Crippen LogP contribution in [0, 0.1) is 11.3 Å². The summed E-state index contributed by atoms with van der Waals surface area (Å²) in [6.45, 7) is 1.18. The van der Waals surface area contributed by atoms with Crippen LogP contribution in [0.3, 0.4) is 0 Å². The molecule has 6 heteroatoms. The van der Waals surface area contributed by atoms with Crippen molar-refractivity contribution in [2.24, 2.45) is 7.05 Å². The van der Waals surface area contributed by atoms with E-state index in [0.29, 0.717) is 12.1 Å². The van der Waals surface area contributed by atoms with Gasteiger partial charge in [-0.25, -0.2) is 0 Å². The van der Waals surface area contributed by atoms with Crippen LogP contribution in [0.2, 0.25) is 0 Å². The monoisotopic (exact) mass is 271 g/mol. The topological polar surface area (TPSA) is 86.8 Å². The zero-order chi connectivity index (χ0) is 14.4. The number of nitrogens with one attached hydrogen (secondary N) is 1. The molecule has 1 atom stereocenters. The standard InChI is InChI=1S/C14H17N5O/c1-19-10-17-18-14(19)6-7-16-9-13(20)12-4-2-11(8-15)3-5-12/h2-5,10,13,16,20H,6-7,9H2,1H3. The number of hydrogen-bond donors (Lipinski definition) is 2. The van der Waals surface area contributed by atoms with Crippen LogP contribution < -0.4 is 5.32 Å². The summed E-state index contributed by atoms with van der Waals surface area (Å²) in [7, 11) is 1.90. The molecule has 0 spiro atoms. The molecule has 0 saturated heterocycles. The highest BCUT2D eigenvalue weighted by Gasteiger charge is 2.07. The van der Waals surface area contributed by atoms with Crippen LogP contribution in [0.5, 0.6) is 0 Å². The lowest BCUT2D eigenvalue weighted by molar-refractivity contribution is 0.175. The molecule has 0 aliphatic heterocycles. The molecule has 0 radical (unpaired) electrons. The van der Waals surface area contributed by atoms with Crippen molar-refractivity contribution in [2.75, 3.05) is 13.1 Å². The highest BCUT2D eigenvalue weighted by Crippen LogP contribution is 2.12. The van der Waals surface area contributed by atoms with Gasteiger partial charge in [-0.2, -0.15) is 5.26 Å². The van der Waals surface area contributed by atoms with Gasteiger partial charge in [0.25, 0.3) is 0 Å². The summed E-state index contributed by atoms with van der Waals surface area (Å²) >= 11 is 0. The molecule has 0 aliphatic carbocycles. The van der Waals surface area contributed by atoms with Gasteiger partial charge in [-0.15, -0.1) is 10.2 Å². The van der Waals surface area contributed by atoms with Gasteiger partial charge in [0.05, 0.1) is 17.7 Å². The second-order valence-corrected chi connectivity index (χ2v) is 4.56. The molecule has 2 rings (SSSR count). The highest BCUT2D eigenvalue weighted by atomic mass is 16.3. The first-order valence-electron chi connectivity index (χ1n) is 6.42. The van der Waals surface area contributed by atoms with Crippen molar-refractivity contribution in [2.45, 2.75) is 12.5 Å². The van der Waals surface area contributed by atoms with Crippen LogP contribution in [0.25, 0.3) is 0 Å². The van der Waals surface area contributed by atoms with Crippen molar-refractivity contribution < 1.29 is 5.11 Å². The van der Waals surface area contributed by atoms with Crippen molar-refractivity contribution >= 4 is 0 Å². The first kappa shape index (κ1) is 14.2. The number of aliphatic hydroxyl groups excluding tert-OH is 1. The number of nitriles is 1. The van der Waals surface area contributed by atoms with E-state index in [1.165, 1.54) is 0 Å². The molecule has 2 N–H and O–H groups in total. The summed E-state index contributed by atoms with van der Waals surface area (Å²) in [5.74, 6) is 0.908. The summed E-state index contributed by atoms with van der Waals surface area (Å²) in [5, 5.41) is 29.7. The number of aliphatic hydroxyl groups is 1. The predicted octanol–water partition coefficient (Wildman–Crippen LogP) is 0.552. The Kier molecular flexibility index (Phi) is 4.82. The third kappa shape index (κ3) is 3.63. The maximum absolute atomic E-state index is 10.0. The van der Waals surface area contributed by atoms with Crippen LogP contribution in [-0.4, -0.2) is 33.0 Å². The second kappa shape index (κ2) is 6.80. The van der Waals surface area contributed by atoms with Gasteiger partial charge >= 0.3 is 0 Å². The summed E-state index contributed by atoms with van der Waals surface area (Å²) in [4.78, 5) is 0. The van der Waals surface area contributed by atoms with E-state index in [1.807, 2.05) is 11.6 Å². The lowest BCUT2D eigenvalue weighted by Crippen LogP contribution is -2.24. The van der Waals surface area contributed by atoms with Crippen molar-refractivity contribution in [3.05, 3.63) is 47.5 Å².